The van der Waals surface area contributed by atoms with Crippen molar-refractivity contribution in [1.29, 1.82) is 0 Å². The van der Waals surface area contributed by atoms with Crippen molar-refractivity contribution in [3.63, 3.8) is 0 Å². The second-order valence-corrected chi connectivity index (χ2v) is 8.07. The number of ether oxygens (including phenoxy) is 1. The summed E-state index contributed by atoms with van der Waals surface area (Å²) in [6.07, 6.45) is 0. The predicted molar refractivity (Wildman–Crippen MR) is 98.7 cm³/mol. The number of aromatic nitrogens is 2. The van der Waals surface area contributed by atoms with Gasteiger partial charge in [-0.2, -0.15) is 0 Å². The Kier molecular flexibility index (Phi) is 7.06. The molecule has 3 N–H and O–H groups in total. The summed E-state index contributed by atoms with van der Waals surface area (Å²) in [5.41, 5.74) is 0.989. The smallest absolute Gasteiger partial charge is 0.337 e. The van der Waals surface area contributed by atoms with Crippen molar-refractivity contribution in [2.45, 2.75) is 38.1 Å². The number of hydrogen-bond acceptors (Lipinski definition) is 8. The number of urea groups is 1. The number of thioether (sulfide) groups is 1. The molecule has 1 unspecified atom stereocenters. The minimum absolute atomic E-state index is 0.282. The van der Waals surface area contributed by atoms with Crippen molar-refractivity contribution in [3.8, 4) is 0 Å². The number of amides is 2. The number of nitrogens with one attached hydrogen (secondary N) is 3. The largest absolute Gasteiger partial charge is 0.463 e. The molecule has 1 aromatic rings. The van der Waals surface area contributed by atoms with E-state index in [-0.39, 0.29) is 12.6 Å². The molecule has 2 heterocycles. The average Bonchev–Trinajstić information content (AvgIpc) is 2.98. The van der Waals surface area contributed by atoms with Crippen LogP contribution in [-0.4, -0.2) is 47.1 Å². The van der Waals surface area contributed by atoms with E-state index in [1.807, 2.05) is 0 Å². The van der Waals surface area contributed by atoms with Gasteiger partial charge in [0.2, 0.25) is 5.13 Å². The highest BCUT2D eigenvalue weighted by Crippen LogP contribution is 2.28. The summed E-state index contributed by atoms with van der Waals surface area (Å²) in [5, 5.41) is 17.6. The molecule has 1 atom stereocenters. The fourth-order valence-electron chi connectivity index (χ4n) is 2.16. The number of hydrogen-bond donors (Lipinski definition) is 3. The van der Waals surface area contributed by atoms with Gasteiger partial charge >= 0.3 is 12.0 Å². The third kappa shape index (κ3) is 5.60. The van der Waals surface area contributed by atoms with Crippen molar-refractivity contribution in [2.75, 3.05) is 24.2 Å². The Hall–Kier alpha value is -1.81. The zero-order valence-corrected chi connectivity index (χ0v) is 16.3. The molecule has 8 nitrogen and oxygen atoms in total. The normalized spacial score (nSPS) is 17.3. The van der Waals surface area contributed by atoms with Crippen LogP contribution in [0.4, 0.5) is 9.93 Å². The Morgan fingerprint density at radius 1 is 1.44 bits per heavy atom. The zero-order valence-electron chi connectivity index (χ0n) is 14.7. The molecule has 0 fully saturated rings. The van der Waals surface area contributed by atoms with Gasteiger partial charge in [-0.1, -0.05) is 36.9 Å². The van der Waals surface area contributed by atoms with Gasteiger partial charge in [0.25, 0.3) is 0 Å². The maximum absolute atomic E-state index is 12.2. The predicted octanol–water partition coefficient (Wildman–Crippen LogP) is 2.22. The SMILES string of the molecule is CCOC(=O)C1=C(CSc2nnc(NCC(C)C)s2)NC(=O)NC1C. The summed E-state index contributed by atoms with van der Waals surface area (Å²) in [7, 11) is 0. The zero-order chi connectivity index (χ0) is 18.4. The number of nitrogens with zero attached hydrogens (tertiary/aromatic N) is 2. The van der Waals surface area contributed by atoms with E-state index < -0.39 is 12.0 Å². The highest BCUT2D eigenvalue weighted by Gasteiger charge is 2.29. The van der Waals surface area contributed by atoms with E-state index in [1.54, 1.807) is 13.8 Å². The van der Waals surface area contributed by atoms with Crippen LogP contribution >= 0.6 is 23.1 Å². The molecule has 25 heavy (non-hydrogen) atoms. The highest BCUT2D eigenvalue weighted by molar-refractivity contribution is 8.01. The Morgan fingerprint density at radius 3 is 2.88 bits per heavy atom. The van der Waals surface area contributed by atoms with E-state index in [2.05, 4.69) is 40.0 Å². The summed E-state index contributed by atoms with van der Waals surface area (Å²) in [4.78, 5) is 23.9. The van der Waals surface area contributed by atoms with Crippen LogP contribution in [-0.2, 0) is 9.53 Å². The van der Waals surface area contributed by atoms with Crippen LogP contribution in [0.2, 0.25) is 0 Å². The molecule has 0 aromatic carbocycles. The Balaban J connectivity index is 2.06. The quantitative estimate of drug-likeness (QED) is 0.465. The van der Waals surface area contributed by atoms with E-state index in [9.17, 15) is 9.59 Å². The Bertz CT molecular complexity index is 659. The van der Waals surface area contributed by atoms with E-state index in [0.29, 0.717) is 22.9 Å². The van der Waals surface area contributed by atoms with Crippen molar-refractivity contribution < 1.29 is 14.3 Å². The minimum atomic E-state index is -0.422. The minimum Gasteiger partial charge on any atom is -0.463 e. The molecule has 0 spiro atoms. The third-order valence-corrected chi connectivity index (χ3v) is 5.31. The lowest BCUT2D eigenvalue weighted by Gasteiger charge is -2.26. The van der Waals surface area contributed by atoms with E-state index in [1.165, 1.54) is 23.1 Å². The molecule has 1 aliphatic rings. The number of carbonyl (C=O) groups is 2. The van der Waals surface area contributed by atoms with Crippen LogP contribution in [0.3, 0.4) is 0 Å². The number of anilines is 1. The fourth-order valence-corrected chi connectivity index (χ4v) is 3.89. The number of carbonyl (C=O) groups excluding carboxylic acids is 2. The fraction of sp³-hybridized carbons (Fsp3) is 0.600. The lowest BCUT2D eigenvalue weighted by Crippen LogP contribution is -2.49. The average molecular weight is 386 g/mol. The van der Waals surface area contributed by atoms with Crippen LogP contribution in [0.25, 0.3) is 0 Å². The Labute approximate surface area is 155 Å². The maximum atomic E-state index is 12.2. The summed E-state index contributed by atoms with van der Waals surface area (Å²) in [6.45, 7) is 8.86. The lowest BCUT2D eigenvalue weighted by atomic mass is 10.1. The van der Waals surface area contributed by atoms with Crippen molar-refractivity contribution in [1.82, 2.24) is 20.8 Å². The van der Waals surface area contributed by atoms with E-state index in [0.717, 1.165) is 16.0 Å². The molecular weight excluding hydrogens is 362 g/mol. The molecule has 0 saturated heterocycles. The van der Waals surface area contributed by atoms with Crippen molar-refractivity contribution in [3.05, 3.63) is 11.3 Å². The van der Waals surface area contributed by atoms with Gasteiger partial charge < -0.3 is 20.7 Å². The molecule has 1 aliphatic heterocycles. The standard InChI is InChI=1S/C15H23N5O3S2/c1-5-23-12(21)11-9(4)17-13(22)18-10(11)7-24-15-20-19-14(25-15)16-6-8(2)3/h8-9H,5-7H2,1-4H3,(H,16,19)(H2,17,18,22). The van der Waals surface area contributed by atoms with Crippen LogP contribution in [0.5, 0.6) is 0 Å². The molecular formula is C15H23N5O3S2. The van der Waals surface area contributed by atoms with Gasteiger partial charge in [-0.15, -0.1) is 10.2 Å². The van der Waals surface area contributed by atoms with Gasteiger partial charge in [-0.3, -0.25) is 0 Å². The third-order valence-electron chi connectivity index (χ3n) is 3.27. The first-order valence-corrected chi connectivity index (χ1v) is 9.88. The van der Waals surface area contributed by atoms with Gasteiger partial charge in [0.15, 0.2) is 4.34 Å². The van der Waals surface area contributed by atoms with Gasteiger partial charge in [0.05, 0.1) is 18.2 Å². The first-order chi connectivity index (χ1) is 11.9. The molecule has 2 rings (SSSR count). The summed E-state index contributed by atoms with van der Waals surface area (Å²) in [6, 6.07) is -0.728. The summed E-state index contributed by atoms with van der Waals surface area (Å²) >= 11 is 2.87. The van der Waals surface area contributed by atoms with Gasteiger partial charge in [0.1, 0.15) is 0 Å². The van der Waals surface area contributed by atoms with Crippen LogP contribution in [0, 0.1) is 5.92 Å². The van der Waals surface area contributed by atoms with Crippen LogP contribution in [0.15, 0.2) is 15.6 Å². The molecule has 10 heteroatoms. The lowest BCUT2D eigenvalue weighted by molar-refractivity contribution is -0.138. The van der Waals surface area contributed by atoms with Crippen molar-refractivity contribution in [2.24, 2.45) is 5.92 Å². The van der Waals surface area contributed by atoms with E-state index in [4.69, 9.17) is 4.74 Å². The van der Waals surface area contributed by atoms with Crippen LogP contribution in [0.1, 0.15) is 27.7 Å². The molecule has 0 bridgehead atoms. The summed E-state index contributed by atoms with van der Waals surface area (Å²) in [5.74, 6) is 0.503. The van der Waals surface area contributed by atoms with Crippen molar-refractivity contribution >= 4 is 40.2 Å². The second kappa shape index (κ2) is 9.04. The van der Waals surface area contributed by atoms with Crippen LogP contribution < -0.4 is 16.0 Å². The monoisotopic (exact) mass is 385 g/mol. The molecule has 1 aromatic heterocycles. The summed E-state index contributed by atoms with van der Waals surface area (Å²) < 4.78 is 5.86. The maximum Gasteiger partial charge on any atom is 0.337 e. The molecule has 0 saturated carbocycles. The van der Waals surface area contributed by atoms with Gasteiger partial charge in [-0.25, -0.2) is 9.59 Å². The van der Waals surface area contributed by atoms with E-state index >= 15 is 0 Å². The van der Waals surface area contributed by atoms with Gasteiger partial charge in [-0.05, 0) is 19.8 Å². The first-order valence-electron chi connectivity index (χ1n) is 8.08. The molecule has 2 amide bonds. The second-order valence-electron chi connectivity index (χ2n) is 5.87. The Morgan fingerprint density at radius 2 is 2.20 bits per heavy atom. The molecule has 0 aliphatic carbocycles. The molecule has 0 radical (unpaired) electrons. The number of rotatable bonds is 8. The molecule has 138 valence electrons. The van der Waals surface area contributed by atoms with Gasteiger partial charge in [0, 0.05) is 18.0 Å². The first kappa shape index (κ1) is 19.5. The number of esters is 1. The topological polar surface area (TPSA) is 105 Å². The highest BCUT2D eigenvalue weighted by atomic mass is 32.2.